The maximum atomic E-state index is 12.6. The number of rotatable bonds is 3. The monoisotopic (exact) mass is 333 g/mol. The number of likely N-dealkylation sites (tertiary alicyclic amines) is 1. The van der Waals surface area contributed by atoms with Crippen LogP contribution in [0.5, 0.6) is 0 Å². The van der Waals surface area contributed by atoms with Crippen LogP contribution in [-0.2, 0) is 0 Å². The van der Waals surface area contributed by atoms with Crippen molar-refractivity contribution in [2.75, 3.05) is 13.1 Å². The lowest BCUT2D eigenvalue weighted by molar-refractivity contribution is 0.0704. The lowest BCUT2D eigenvalue weighted by atomic mass is 9.97. The second-order valence-corrected chi connectivity index (χ2v) is 6.24. The summed E-state index contributed by atoms with van der Waals surface area (Å²) in [7, 11) is 0. The molecule has 6 nitrogen and oxygen atoms in total. The van der Waals surface area contributed by atoms with Crippen LogP contribution in [0, 0.1) is 0 Å². The number of benzene rings is 1. The minimum Gasteiger partial charge on any atom is -0.338 e. The molecule has 126 valence electrons. The van der Waals surface area contributed by atoms with Crippen LogP contribution in [0.3, 0.4) is 0 Å². The Morgan fingerprint density at radius 2 is 2.04 bits per heavy atom. The Labute approximate surface area is 145 Å². The molecule has 1 aliphatic rings. The third-order valence-corrected chi connectivity index (χ3v) is 4.54. The summed E-state index contributed by atoms with van der Waals surface area (Å²) in [6, 6.07) is 13.5. The number of carbonyl (C=O) groups is 1. The average Bonchev–Trinajstić information content (AvgIpc) is 3.19. The second-order valence-electron chi connectivity index (χ2n) is 6.24. The molecule has 1 atom stereocenters. The van der Waals surface area contributed by atoms with Crippen molar-refractivity contribution in [1.29, 1.82) is 0 Å². The molecule has 4 rings (SSSR count). The molecular weight excluding hydrogens is 314 g/mol. The van der Waals surface area contributed by atoms with Crippen LogP contribution in [0.25, 0.3) is 11.4 Å². The topological polar surface area (TPSA) is 74.8 Å². The number of nitrogens with one attached hydrogen (secondary N) is 1. The number of carbonyl (C=O) groups excluding carboxylic acids is 1. The zero-order valence-corrected chi connectivity index (χ0v) is 13.8. The molecule has 3 heterocycles. The van der Waals surface area contributed by atoms with Gasteiger partial charge >= 0.3 is 0 Å². The summed E-state index contributed by atoms with van der Waals surface area (Å²) < 4.78 is 0. The van der Waals surface area contributed by atoms with Crippen molar-refractivity contribution in [2.24, 2.45) is 0 Å². The molecule has 1 fully saturated rings. The summed E-state index contributed by atoms with van der Waals surface area (Å²) in [5.41, 5.74) is 1.62. The number of pyridine rings is 1. The van der Waals surface area contributed by atoms with E-state index in [0.29, 0.717) is 17.9 Å². The number of nitrogens with zero attached hydrogens (tertiary/aromatic N) is 4. The number of hydrogen-bond acceptors (Lipinski definition) is 4. The number of piperidine rings is 1. The fourth-order valence-corrected chi connectivity index (χ4v) is 3.23. The van der Waals surface area contributed by atoms with Gasteiger partial charge in [0.2, 0.25) is 0 Å². The van der Waals surface area contributed by atoms with Gasteiger partial charge in [-0.15, -0.1) is 0 Å². The van der Waals surface area contributed by atoms with Gasteiger partial charge in [0.15, 0.2) is 5.82 Å². The highest BCUT2D eigenvalue weighted by atomic mass is 16.2. The van der Waals surface area contributed by atoms with Crippen molar-refractivity contribution in [3.8, 4) is 11.4 Å². The molecule has 0 radical (unpaired) electrons. The van der Waals surface area contributed by atoms with E-state index in [2.05, 4.69) is 20.2 Å². The van der Waals surface area contributed by atoms with Crippen LogP contribution in [0.4, 0.5) is 0 Å². The van der Waals surface area contributed by atoms with E-state index >= 15 is 0 Å². The first-order valence-corrected chi connectivity index (χ1v) is 8.48. The Balaban J connectivity index is 1.50. The summed E-state index contributed by atoms with van der Waals surface area (Å²) in [5, 5.41) is 7.40. The first-order chi connectivity index (χ1) is 12.3. The van der Waals surface area contributed by atoms with Gasteiger partial charge in [0, 0.05) is 37.0 Å². The van der Waals surface area contributed by atoms with Crippen molar-refractivity contribution in [3.05, 3.63) is 66.2 Å². The first kappa shape index (κ1) is 15.5. The molecule has 3 aromatic rings. The Bertz CT molecular complexity index is 847. The fraction of sp³-hybridized carbons (Fsp3) is 0.263. The van der Waals surface area contributed by atoms with Gasteiger partial charge in [0.1, 0.15) is 5.82 Å². The van der Waals surface area contributed by atoms with Crippen molar-refractivity contribution in [1.82, 2.24) is 25.1 Å². The number of aromatic amines is 1. The molecule has 0 aliphatic carbocycles. The van der Waals surface area contributed by atoms with Gasteiger partial charge in [-0.05, 0) is 25.0 Å². The molecule has 1 N–H and O–H groups in total. The molecule has 0 saturated carbocycles. The number of H-pyrrole nitrogens is 1. The molecule has 0 bridgehead atoms. The van der Waals surface area contributed by atoms with Crippen LogP contribution in [-0.4, -0.2) is 44.1 Å². The minimum atomic E-state index is 0.0283. The highest BCUT2D eigenvalue weighted by Crippen LogP contribution is 2.26. The van der Waals surface area contributed by atoms with E-state index in [1.165, 1.54) is 0 Å². The molecule has 1 saturated heterocycles. The van der Waals surface area contributed by atoms with Crippen LogP contribution >= 0.6 is 0 Å². The predicted molar refractivity (Wildman–Crippen MR) is 93.9 cm³/mol. The van der Waals surface area contributed by atoms with Gasteiger partial charge in [-0.2, -0.15) is 5.10 Å². The van der Waals surface area contributed by atoms with E-state index in [1.54, 1.807) is 24.5 Å². The maximum absolute atomic E-state index is 12.6. The lowest BCUT2D eigenvalue weighted by Crippen LogP contribution is -2.39. The molecule has 1 amide bonds. The molecule has 0 spiro atoms. The first-order valence-electron chi connectivity index (χ1n) is 8.48. The van der Waals surface area contributed by atoms with Gasteiger partial charge in [0.25, 0.3) is 5.91 Å². The summed E-state index contributed by atoms with van der Waals surface area (Å²) in [6.07, 6.45) is 5.25. The highest BCUT2D eigenvalue weighted by molar-refractivity contribution is 5.94. The van der Waals surface area contributed by atoms with Gasteiger partial charge in [-0.1, -0.05) is 30.3 Å². The third-order valence-electron chi connectivity index (χ3n) is 4.54. The van der Waals surface area contributed by atoms with Crippen molar-refractivity contribution in [2.45, 2.75) is 18.8 Å². The van der Waals surface area contributed by atoms with E-state index in [0.717, 1.165) is 30.8 Å². The van der Waals surface area contributed by atoms with Crippen LogP contribution in [0.2, 0.25) is 0 Å². The van der Waals surface area contributed by atoms with Crippen LogP contribution in [0.1, 0.15) is 34.9 Å². The van der Waals surface area contributed by atoms with Gasteiger partial charge in [0.05, 0.1) is 5.56 Å². The van der Waals surface area contributed by atoms with Crippen LogP contribution in [0.15, 0.2) is 54.9 Å². The lowest BCUT2D eigenvalue weighted by Gasteiger charge is -2.31. The summed E-state index contributed by atoms with van der Waals surface area (Å²) >= 11 is 0. The molecular formula is C19H19N5O. The number of aromatic nitrogens is 4. The summed E-state index contributed by atoms with van der Waals surface area (Å²) in [4.78, 5) is 23.2. The van der Waals surface area contributed by atoms with Crippen molar-refractivity contribution >= 4 is 5.91 Å². The summed E-state index contributed by atoms with van der Waals surface area (Å²) in [5.74, 6) is 1.76. The normalized spacial score (nSPS) is 17.4. The Morgan fingerprint density at radius 3 is 2.84 bits per heavy atom. The van der Waals surface area contributed by atoms with E-state index in [-0.39, 0.29) is 11.8 Å². The molecule has 1 aromatic carbocycles. The standard InChI is InChI=1S/C19H19N5O/c25-19(15-8-4-10-20-12-15)24-11-5-9-16(13-24)18-21-17(22-23-18)14-6-2-1-3-7-14/h1-4,6-8,10,12,16H,5,9,11,13H2,(H,21,22,23). The second kappa shape index (κ2) is 6.84. The maximum Gasteiger partial charge on any atom is 0.255 e. The Hall–Kier alpha value is -3.02. The predicted octanol–water partition coefficient (Wildman–Crippen LogP) is 2.89. The summed E-state index contributed by atoms with van der Waals surface area (Å²) in [6.45, 7) is 1.42. The number of amides is 1. The van der Waals surface area contributed by atoms with E-state index in [1.807, 2.05) is 35.2 Å². The SMILES string of the molecule is O=C(c1cccnc1)N1CCCC(c2nc(-c3ccccc3)n[nH]2)C1. The van der Waals surface area contributed by atoms with E-state index in [9.17, 15) is 4.79 Å². The fourth-order valence-electron chi connectivity index (χ4n) is 3.23. The van der Waals surface area contributed by atoms with E-state index in [4.69, 9.17) is 0 Å². The zero-order valence-electron chi connectivity index (χ0n) is 13.8. The van der Waals surface area contributed by atoms with Gasteiger partial charge < -0.3 is 4.90 Å². The largest absolute Gasteiger partial charge is 0.338 e. The Morgan fingerprint density at radius 1 is 1.16 bits per heavy atom. The molecule has 2 aromatic heterocycles. The van der Waals surface area contributed by atoms with Crippen molar-refractivity contribution < 1.29 is 4.79 Å². The minimum absolute atomic E-state index is 0.0283. The molecule has 25 heavy (non-hydrogen) atoms. The van der Waals surface area contributed by atoms with Gasteiger partial charge in [-0.3, -0.25) is 14.9 Å². The zero-order chi connectivity index (χ0) is 17.1. The molecule has 6 heteroatoms. The Kier molecular flexibility index (Phi) is 4.24. The van der Waals surface area contributed by atoms with E-state index < -0.39 is 0 Å². The quantitative estimate of drug-likeness (QED) is 0.800. The molecule has 1 unspecified atom stereocenters. The smallest absolute Gasteiger partial charge is 0.255 e. The highest BCUT2D eigenvalue weighted by Gasteiger charge is 2.27. The third kappa shape index (κ3) is 3.28. The van der Waals surface area contributed by atoms with Gasteiger partial charge in [-0.25, -0.2) is 4.98 Å². The number of hydrogen-bond donors (Lipinski definition) is 1. The van der Waals surface area contributed by atoms with Crippen molar-refractivity contribution in [3.63, 3.8) is 0 Å². The average molecular weight is 333 g/mol. The molecule has 1 aliphatic heterocycles. The van der Waals surface area contributed by atoms with Crippen LogP contribution < -0.4 is 0 Å².